The van der Waals surface area contributed by atoms with Crippen LogP contribution in [0, 0.1) is 5.92 Å². The molecule has 0 bridgehead atoms. The fraction of sp³-hybridized carbons (Fsp3) is 0.333. The highest BCUT2D eigenvalue weighted by Gasteiger charge is 2.25. The van der Waals surface area contributed by atoms with Crippen LogP contribution in [0.2, 0.25) is 5.02 Å². The second kappa shape index (κ2) is 10.6. The van der Waals surface area contributed by atoms with Gasteiger partial charge in [0.2, 0.25) is 5.91 Å². The lowest BCUT2D eigenvalue weighted by molar-refractivity contribution is -0.121. The summed E-state index contributed by atoms with van der Waals surface area (Å²) in [6, 6.07) is 11.4. The van der Waals surface area contributed by atoms with Gasteiger partial charge in [-0.25, -0.2) is 4.98 Å². The van der Waals surface area contributed by atoms with Gasteiger partial charge in [-0.15, -0.1) is 24.8 Å². The van der Waals surface area contributed by atoms with E-state index in [2.05, 4.69) is 21.3 Å². The number of anilines is 2. The van der Waals surface area contributed by atoms with Gasteiger partial charge in [-0.2, -0.15) is 0 Å². The molecule has 142 valence electrons. The number of benzene rings is 1. The number of hydrogen-bond acceptors (Lipinski definition) is 4. The van der Waals surface area contributed by atoms with Crippen LogP contribution in [0.15, 0.2) is 42.6 Å². The molecule has 1 aliphatic rings. The molecule has 0 saturated carbocycles. The fourth-order valence-electron chi connectivity index (χ4n) is 2.98. The number of aromatic nitrogens is 1. The molecule has 5 nitrogen and oxygen atoms in total. The maximum Gasteiger partial charge on any atom is 0.228 e. The van der Waals surface area contributed by atoms with E-state index >= 15 is 0 Å². The van der Waals surface area contributed by atoms with Crippen molar-refractivity contribution in [3.63, 3.8) is 0 Å². The molecule has 1 aliphatic heterocycles. The van der Waals surface area contributed by atoms with E-state index in [0.717, 1.165) is 38.2 Å². The van der Waals surface area contributed by atoms with E-state index in [4.69, 9.17) is 17.3 Å². The molecule has 26 heavy (non-hydrogen) atoms. The number of rotatable bonds is 4. The number of nitrogens with one attached hydrogen (secondary N) is 1. The predicted octanol–water partition coefficient (Wildman–Crippen LogP) is 4.01. The smallest absolute Gasteiger partial charge is 0.228 e. The highest BCUT2D eigenvalue weighted by atomic mass is 35.5. The summed E-state index contributed by atoms with van der Waals surface area (Å²) in [5, 5.41) is 3.43. The Hall–Kier alpha value is -1.53. The zero-order chi connectivity index (χ0) is 16.9. The van der Waals surface area contributed by atoms with E-state index < -0.39 is 0 Å². The quantitative estimate of drug-likeness (QED) is 0.737. The Morgan fingerprint density at radius 3 is 2.58 bits per heavy atom. The molecule has 0 spiro atoms. The monoisotopic (exact) mass is 416 g/mol. The lowest BCUT2D eigenvalue weighted by Gasteiger charge is -2.31. The van der Waals surface area contributed by atoms with E-state index in [1.807, 2.05) is 18.2 Å². The number of amides is 1. The van der Waals surface area contributed by atoms with Crippen LogP contribution in [-0.2, 0) is 11.3 Å². The molecule has 1 aromatic heterocycles. The van der Waals surface area contributed by atoms with E-state index in [1.54, 1.807) is 12.1 Å². The minimum Gasteiger partial charge on any atom is -0.399 e. The summed E-state index contributed by atoms with van der Waals surface area (Å²) in [5.74, 6) is 0.611. The highest BCUT2D eigenvalue weighted by Crippen LogP contribution is 2.21. The van der Waals surface area contributed by atoms with Gasteiger partial charge in [-0.1, -0.05) is 23.7 Å². The molecule has 0 unspecified atom stereocenters. The third-order valence-electron chi connectivity index (χ3n) is 4.29. The lowest BCUT2D eigenvalue weighted by Crippen LogP contribution is -2.37. The summed E-state index contributed by atoms with van der Waals surface area (Å²) >= 11 is 5.80. The van der Waals surface area contributed by atoms with Crippen molar-refractivity contribution in [3.05, 3.63) is 53.2 Å². The Morgan fingerprint density at radius 2 is 1.96 bits per heavy atom. The Labute approximate surface area is 171 Å². The Bertz CT molecular complexity index is 704. The number of hydrogen-bond donors (Lipinski definition) is 2. The first-order valence-electron chi connectivity index (χ1n) is 8.09. The molecular weight excluding hydrogens is 395 g/mol. The largest absolute Gasteiger partial charge is 0.399 e. The highest BCUT2D eigenvalue weighted by molar-refractivity contribution is 6.30. The number of piperidine rings is 1. The number of carbonyl (C=O) groups is 1. The third kappa shape index (κ3) is 6.32. The van der Waals surface area contributed by atoms with Crippen molar-refractivity contribution in [1.82, 2.24) is 9.88 Å². The van der Waals surface area contributed by atoms with Crippen LogP contribution in [0.25, 0.3) is 0 Å². The maximum atomic E-state index is 12.3. The topological polar surface area (TPSA) is 71.2 Å². The normalized spacial score (nSPS) is 14.8. The van der Waals surface area contributed by atoms with E-state index in [1.165, 1.54) is 11.8 Å². The number of carbonyl (C=O) groups excluding carboxylic acids is 1. The Balaban J connectivity index is 0.00000169. The number of halogens is 3. The number of nitrogens with zero attached hydrogens (tertiary/aromatic N) is 2. The number of pyridine rings is 1. The van der Waals surface area contributed by atoms with Crippen LogP contribution in [0.4, 0.5) is 11.5 Å². The number of nitrogen functional groups attached to an aromatic ring is 1. The fourth-order valence-corrected chi connectivity index (χ4v) is 3.09. The molecule has 2 heterocycles. The van der Waals surface area contributed by atoms with Crippen molar-refractivity contribution in [2.75, 3.05) is 24.1 Å². The molecule has 0 aliphatic carbocycles. The lowest BCUT2D eigenvalue weighted by atomic mass is 9.95. The first kappa shape index (κ1) is 22.5. The van der Waals surface area contributed by atoms with Crippen LogP contribution in [-0.4, -0.2) is 28.9 Å². The van der Waals surface area contributed by atoms with Crippen LogP contribution in [0.5, 0.6) is 0 Å². The zero-order valence-electron chi connectivity index (χ0n) is 14.2. The van der Waals surface area contributed by atoms with Crippen LogP contribution in [0.3, 0.4) is 0 Å². The van der Waals surface area contributed by atoms with Crippen LogP contribution in [0.1, 0.15) is 18.4 Å². The summed E-state index contributed by atoms with van der Waals surface area (Å²) in [4.78, 5) is 18.8. The van der Waals surface area contributed by atoms with Gasteiger partial charge in [0.15, 0.2) is 0 Å². The average Bonchev–Trinajstić information content (AvgIpc) is 2.57. The van der Waals surface area contributed by atoms with Crippen molar-refractivity contribution < 1.29 is 4.79 Å². The van der Waals surface area contributed by atoms with Gasteiger partial charge in [0.1, 0.15) is 5.82 Å². The molecule has 2 aromatic rings. The SMILES string of the molecule is Cl.Cl.Nc1cccc(CN2CCC(C(=O)Nc3ccc(Cl)cn3)CC2)c1. The molecule has 0 atom stereocenters. The summed E-state index contributed by atoms with van der Waals surface area (Å²) in [6.45, 7) is 2.68. The van der Waals surface area contributed by atoms with E-state index in [9.17, 15) is 4.79 Å². The minimum atomic E-state index is 0. The standard InChI is InChI=1S/C18H21ClN4O.2ClH/c19-15-4-5-17(21-11-15)22-18(24)14-6-8-23(9-7-14)12-13-2-1-3-16(20)10-13;;/h1-5,10-11,14H,6-9,12,20H2,(H,21,22,24);2*1H. The minimum absolute atomic E-state index is 0. The zero-order valence-corrected chi connectivity index (χ0v) is 16.6. The first-order valence-corrected chi connectivity index (χ1v) is 8.47. The van der Waals surface area contributed by atoms with Gasteiger partial charge in [0, 0.05) is 24.3 Å². The van der Waals surface area contributed by atoms with Gasteiger partial charge >= 0.3 is 0 Å². The van der Waals surface area contributed by atoms with Crippen LogP contribution >= 0.6 is 36.4 Å². The van der Waals surface area contributed by atoms with Crippen molar-refractivity contribution >= 4 is 53.8 Å². The second-order valence-corrected chi connectivity index (χ2v) is 6.58. The average molecular weight is 418 g/mol. The van der Waals surface area contributed by atoms with Crippen molar-refractivity contribution in [1.29, 1.82) is 0 Å². The summed E-state index contributed by atoms with van der Waals surface area (Å²) in [5.41, 5.74) is 7.82. The maximum absolute atomic E-state index is 12.3. The second-order valence-electron chi connectivity index (χ2n) is 6.15. The van der Waals surface area contributed by atoms with Crippen molar-refractivity contribution in [2.24, 2.45) is 5.92 Å². The summed E-state index contributed by atoms with van der Waals surface area (Å²) in [7, 11) is 0. The molecule has 1 saturated heterocycles. The Morgan fingerprint density at radius 1 is 1.23 bits per heavy atom. The van der Waals surface area contributed by atoms with Gasteiger partial charge in [0.25, 0.3) is 0 Å². The van der Waals surface area contributed by atoms with E-state index in [-0.39, 0.29) is 36.6 Å². The molecule has 0 radical (unpaired) electrons. The molecular formula is C18H23Cl3N4O. The molecule has 1 fully saturated rings. The van der Waals surface area contributed by atoms with E-state index in [0.29, 0.717) is 10.8 Å². The van der Waals surface area contributed by atoms with Gasteiger partial charge in [-0.3, -0.25) is 9.69 Å². The van der Waals surface area contributed by atoms with Gasteiger partial charge < -0.3 is 11.1 Å². The number of likely N-dealkylation sites (tertiary alicyclic amines) is 1. The number of nitrogens with two attached hydrogens (primary N) is 1. The van der Waals surface area contributed by atoms with Gasteiger partial charge in [0.05, 0.1) is 5.02 Å². The van der Waals surface area contributed by atoms with Crippen LogP contribution < -0.4 is 11.1 Å². The van der Waals surface area contributed by atoms with Gasteiger partial charge in [-0.05, 0) is 55.8 Å². The third-order valence-corrected chi connectivity index (χ3v) is 4.52. The predicted molar refractivity (Wildman–Crippen MR) is 111 cm³/mol. The molecule has 1 aromatic carbocycles. The van der Waals surface area contributed by atoms with Crippen molar-refractivity contribution in [2.45, 2.75) is 19.4 Å². The van der Waals surface area contributed by atoms with Crippen molar-refractivity contribution in [3.8, 4) is 0 Å². The molecule has 3 N–H and O–H groups in total. The first-order chi connectivity index (χ1) is 11.6. The summed E-state index contributed by atoms with van der Waals surface area (Å²) < 4.78 is 0. The molecule has 3 rings (SSSR count). The molecule has 8 heteroatoms. The Kier molecular flexibility index (Phi) is 9.16. The molecule has 1 amide bonds. The summed E-state index contributed by atoms with van der Waals surface area (Å²) in [6.07, 6.45) is 3.23.